The molecule has 0 spiro atoms. The van der Waals surface area contributed by atoms with E-state index in [1.165, 1.54) is 0 Å². The molecule has 0 N–H and O–H groups in total. The van der Waals surface area contributed by atoms with Gasteiger partial charge in [0.05, 0.1) is 31.6 Å². The fraction of sp³-hybridized carbons (Fsp3) is 0.385. The molecule has 94 valence electrons. The van der Waals surface area contributed by atoms with E-state index in [1.807, 2.05) is 12.1 Å². The van der Waals surface area contributed by atoms with Crippen LogP contribution in [0, 0.1) is 0 Å². The Balaban J connectivity index is 2.24. The number of rotatable bonds is 2. The zero-order valence-corrected chi connectivity index (χ0v) is 10.1. The van der Waals surface area contributed by atoms with Crippen molar-refractivity contribution in [1.82, 2.24) is 9.55 Å². The van der Waals surface area contributed by atoms with Gasteiger partial charge in [-0.25, -0.2) is 4.98 Å². The summed E-state index contributed by atoms with van der Waals surface area (Å²) in [5.41, 5.74) is 0.600. The average molecular weight is 246 g/mol. The van der Waals surface area contributed by atoms with E-state index in [0.717, 1.165) is 6.42 Å². The van der Waals surface area contributed by atoms with Crippen LogP contribution >= 0.6 is 0 Å². The van der Waals surface area contributed by atoms with Crippen molar-refractivity contribution in [1.29, 1.82) is 0 Å². The van der Waals surface area contributed by atoms with E-state index < -0.39 is 0 Å². The van der Waals surface area contributed by atoms with Gasteiger partial charge in [0.25, 0.3) is 5.56 Å². The number of benzene rings is 1. The van der Waals surface area contributed by atoms with Crippen LogP contribution in [0.2, 0.25) is 0 Å². The molecule has 0 bridgehead atoms. The van der Waals surface area contributed by atoms with Crippen LogP contribution in [0.5, 0.6) is 5.75 Å². The first-order valence-electron chi connectivity index (χ1n) is 5.93. The SMILES string of the molecule is COc1cccc2ncn([C@H]3CCOC3)c(=O)c12. The van der Waals surface area contributed by atoms with Gasteiger partial charge in [-0.05, 0) is 18.6 Å². The molecule has 2 heterocycles. The second kappa shape index (κ2) is 4.42. The standard InChI is InChI=1S/C13H14N2O3/c1-17-11-4-2-3-10-12(11)13(16)15(8-14-10)9-5-6-18-7-9/h2-4,8-9H,5-7H2,1H3/t9-/m0/s1. The van der Waals surface area contributed by atoms with E-state index in [4.69, 9.17) is 9.47 Å². The van der Waals surface area contributed by atoms with Gasteiger partial charge in [-0.15, -0.1) is 0 Å². The monoisotopic (exact) mass is 246 g/mol. The lowest BCUT2D eigenvalue weighted by Gasteiger charge is -2.13. The van der Waals surface area contributed by atoms with Gasteiger partial charge in [-0.1, -0.05) is 6.07 Å². The summed E-state index contributed by atoms with van der Waals surface area (Å²) in [6, 6.07) is 5.51. The van der Waals surface area contributed by atoms with Crippen molar-refractivity contribution in [3.05, 3.63) is 34.9 Å². The van der Waals surface area contributed by atoms with E-state index in [1.54, 1.807) is 24.1 Å². The molecule has 18 heavy (non-hydrogen) atoms. The van der Waals surface area contributed by atoms with Gasteiger partial charge in [0, 0.05) is 6.61 Å². The summed E-state index contributed by atoms with van der Waals surface area (Å²) in [4.78, 5) is 16.8. The molecule has 5 nitrogen and oxygen atoms in total. The molecule has 1 aromatic heterocycles. The minimum atomic E-state index is -0.0621. The summed E-state index contributed by atoms with van der Waals surface area (Å²) in [5.74, 6) is 0.568. The largest absolute Gasteiger partial charge is 0.496 e. The topological polar surface area (TPSA) is 53.4 Å². The molecule has 1 aliphatic rings. The number of hydrogen-bond donors (Lipinski definition) is 0. The van der Waals surface area contributed by atoms with Gasteiger partial charge in [-0.2, -0.15) is 0 Å². The molecule has 0 aliphatic carbocycles. The summed E-state index contributed by atoms with van der Waals surface area (Å²) in [7, 11) is 1.56. The molecule has 1 aliphatic heterocycles. The van der Waals surface area contributed by atoms with Gasteiger partial charge in [0.15, 0.2) is 0 Å². The van der Waals surface area contributed by atoms with E-state index in [-0.39, 0.29) is 11.6 Å². The van der Waals surface area contributed by atoms with Crippen LogP contribution in [0.4, 0.5) is 0 Å². The third-order valence-electron chi connectivity index (χ3n) is 3.29. The number of hydrogen-bond acceptors (Lipinski definition) is 4. The second-order valence-electron chi connectivity index (χ2n) is 4.33. The Morgan fingerprint density at radius 3 is 3.11 bits per heavy atom. The average Bonchev–Trinajstić information content (AvgIpc) is 2.92. The van der Waals surface area contributed by atoms with Crippen molar-refractivity contribution >= 4 is 10.9 Å². The maximum Gasteiger partial charge on any atom is 0.265 e. The van der Waals surface area contributed by atoms with Crippen LogP contribution in [-0.4, -0.2) is 29.9 Å². The Kier molecular flexibility index (Phi) is 2.76. The van der Waals surface area contributed by atoms with Crippen molar-refractivity contribution in [2.45, 2.75) is 12.5 Å². The molecule has 1 fully saturated rings. The molecule has 2 aromatic rings. The lowest BCUT2D eigenvalue weighted by atomic mass is 10.2. The van der Waals surface area contributed by atoms with Gasteiger partial charge in [0.2, 0.25) is 0 Å². The molecule has 0 saturated carbocycles. The predicted molar refractivity (Wildman–Crippen MR) is 67.0 cm³/mol. The zero-order chi connectivity index (χ0) is 12.5. The van der Waals surface area contributed by atoms with Crippen LogP contribution in [0.25, 0.3) is 10.9 Å². The summed E-state index contributed by atoms with van der Waals surface area (Å²) in [5, 5.41) is 0.536. The van der Waals surface area contributed by atoms with Crippen LogP contribution in [0.1, 0.15) is 12.5 Å². The number of aromatic nitrogens is 2. The van der Waals surface area contributed by atoms with E-state index in [0.29, 0.717) is 29.9 Å². The van der Waals surface area contributed by atoms with Crippen molar-refractivity contribution in [3.8, 4) is 5.75 Å². The maximum absolute atomic E-state index is 12.5. The Hall–Kier alpha value is -1.88. The summed E-state index contributed by atoms with van der Waals surface area (Å²) in [6.07, 6.45) is 2.45. The van der Waals surface area contributed by atoms with Crippen LogP contribution < -0.4 is 10.3 Å². The lowest BCUT2D eigenvalue weighted by Crippen LogP contribution is -2.25. The Morgan fingerprint density at radius 1 is 1.50 bits per heavy atom. The van der Waals surface area contributed by atoms with Crippen molar-refractivity contribution < 1.29 is 9.47 Å². The first-order chi connectivity index (χ1) is 8.81. The van der Waals surface area contributed by atoms with E-state index in [9.17, 15) is 4.79 Å². The molecule has 5 heteroatoms. The van der Waals surface area contributed by atoms with Crippen molar-refractivity contribution in [2.24, 2.45) is 0 Å². The first-order valence-corrected chi connectivity index (χ1v) is 5.93. The van der Waals surface area contributed by atoms with Gasteiger partial charge < -0.3 is 9.47 Å². The van der Waals surface area contributed by atoms with Crippen LogP contribution in [0.15, 0.2) is 29.3 Å². The fourth-order valence-corrected chi connectivity index (χ4v) is 2.32. The third-order valence-corrected chi connectivity index (χ3v) is 3.29. The predicted octanol–water partition coefficient (Wildman–Crippen LogP) is 1.37. The number of nitrogens with zero attached hydrogens (tertiary/aromatic N) is 2. The zero-order valence-electron chi connectivity index (χ0n) is 10.1. The Bertz CT molecular complexity index is 630. The van der Waals surface area contributed by atoms with E-state index >= 15 is 0 Å². The van der Waals surface area contributed by atoms with Gasteiger partial charge in [0.1, 0.15) is 11.1 Å². The summed E-state index contributed by atoms with van der Waals surface area (Å²) in [6.45, 7) is 1.27. The molecule has 1 aromatic carbocycles. The van der Waals surface area contributed by atoms with Crippen LogP contribution in [0.3, 0.4) is 0 Å². The number of methoxy groups -OCH3 is 1. The highest BCUT2D eigenvalue weighted by Crippen LogP contribution is 2.22. The molecular weight excluding hydrogens is 232 g/mol. The van der Waals surface area contributed by atoms with Crippen molar-refractivity contribution in [2.75, 3.05) is 20.3 Å². The second-order valence-corrected chi connectivity index (χ2v) is 4.33. The van der Waals surface area contributed by atoms with Gasteiger partial charge >= 0.3 is 0 Å². The normalized spacial score (nSPS) is 19.3. The fourth-order valence-electron chi connectivity index (χ4n) is 2.32. The molecular formula is C13H14N2O3. The molecule has 1 saturated heterocycles. The number of fused-ring (bicyclic) bond motifs is 1. The highest BCUT2D eigenvalue weighted by Gasteiger charge is 2.20. The Morgan fingerprint density at radius 2 is 2.39 bits per heavy atom. The minimum absolute atomic E-state index is 0.0621. The van der Waals surface area contributed by atoms with Gasteiger partial charge in [-0.3, -0.25) is 9.36 Å². The number of ether oxygens (including phenoxy) is 2. The maximum atomic E-state index is 12.5. The van der Waals surface area contributed by atoms with Crippen LogP contribution in [-0.2, 0) is 4.74 Å². The molecule has 1 atom stereocenters. The minimum Gasteiger partial charge on any atom is -0.496 e. The molecule has 0 amide bonds. The van der Waals surface area contributed by atoms with Crippen molar-refractivity contribution in [3.63, 3.8) is 0 Å². The lowest BCUT2D eigenvalue weighted by molar-refractivity contribution is 0.186. The molecule has 0 radical (unpaired) electrons. The highest BCUT2D eigenvalue weighted by molar-refractivity contribution is 5.83. The summed E-state index contributed by atoms with van der Waals surface area (Å²) < 4.78 is 12.2. The molecule has 0 unspecified atom stereocenters. The summed E-state index contributed by atoms with van der Waals surface area (Å²) >= 11 is 0. The quantitative estimate of drug-likeness (QED) is 0.803. The highest BCUT2D eigenvalue weighted by atomic mass is 16.5. The smallest absolute Gasteiger partial charge is 0.265 e. The molecule has 3 rings (SSSR count). The first kappa shape index (κ1) is 11.2. The third kappa shape index (κ3) is 1.67. The Labute approximate surface area is 104 Å². The van der Waals surface area contributed by atoms with E-state index in [2.05, 4.69) is 4.98 Å².